The maximum Gasteiger partial charge on any atom is 0.248 e. The Morgan fingerprint density at radius 3 is 2.63 bits per heavy atom. The summed E-state index contributed by atoms with van der Waals surface area (Å²) in [6, 6.07) is 0. The fourth-order valence-corrected chi connectivity index (χ4v) is 3.18. The predicted molar refractivity (Wildman–Crippen MR) is 73.8 cm³/mol. The molecule has 0 aromatic heterocycles. The average molecular weight is 269 g/mol. The third kappa shape index (κ3) is 4.46. The molecule has 2 unspecified atom stereocenters. The summed E-state index contributed by atoms with van der Waals surface area (Å²) >= 11 is 0. The molecule has 1 heterocycles. The highest BCUT2D eigenvalue weighted by molar-refractivity contribution is 5.77. The molecule has 0 spiro atoms. The lowest BCUT2D eigenvalue weighted by atomic mass is 9.89. The van der Waals surface area contributed by atoms with Gasteiger partial charge in [-0.1, -0.05) is 19.8 Å². The molecule has 2 rings (SSSR count). The number of hydrogen-bond donors (Lipinski definition) is 1. The van der Waals surface area contributed by atoms with Gasteiger partial charge in [-0.3, -0.25) is 4.79 Å². The summed E-state index contributed by atoms with van der Waals surface area (Å²) in [4.78, 5) is 13.9. The predicted octanol–water partition coefficient (Wildman–Crippen LogP) is 1.81. The highest BCUT2D eigenvalue weighted by Gasteiger charge is 2.24. The van der Waals surface area contributed by atoms with Crippen molar-refractivity contribution in [3.05, 3.63) is 0 Å². The largest absolute Gasteiger partial charge is 0.396 e. The number of rotatable bonds is 4. The smallest absolute Gasteiger partial charge is 0.248 e. The lowest BCUT2D eigenvalue weighted by Gasteiger charge is -2.32. The van der Waals surface area contributed by atoms with E-state index in [1.807, 2.05) is 4.90 Å². The van der Waals surface area contributed by atoms with Crippen molar-refractivity contribution in [3.63, 3.8) is 0 Å². The highest BCUT2D eigenvalue weighted by Crippen LogP contribution is 2.25. The van der Waals surface area contributed by atoms with Crippen LogP contribution in [0.25, 0.3) is 0 Å². The van der Waals surface area contributed by atoms with Gasteiger partial charge in [0.2, 0.25) is 5.91 Å². The molecule has 2 atom stereocenters. The van der Waals surface area contributed by atoms with Crippen LogP contribution >= 0.6 is 0 Å². The number of aliphatic hydroxyl groups excluding tert-OH is 1. The van der Waals surface area contributed by atoms with Crippen molar-refractivity contribution in [2.45, 2.75) is 51.6 Å². The Balaban J connectivity index is 1.67. The van der Waals surface area contributed by atoms with Gasteiger partial charge in [0, 0.05) is 19.7 Å². The molecule has 1 aliphatic carbocycles. The van der Waals surface area contributed by atoms with E-state index in [-0.39, 0.29) is 25.2 Å². The Labute approximate surface area is 116 Å². The molecule has 0 radical (unpaired) electrons. The number of aliphatic hydroxyl groups is 1. The molecule has 1 amide bonds. The van der Waals surface area contributed by atoms with Crippen molar-refractivity contribution in [1.82, 2.24) is 4.90 Å². The minimum atomic E-state index is 0.120. The van der Waals surface area contributed by atoms with Crippen molar-refractivity contribution >= 4 is 5.91 Å². The lowest BCUT2D eigenvalue weighted by molar-refractivity contribution is -0.140. The van der Waals surface area contributed by atoms with Crippen LogP contribution in [0.1, 0.15) is 45.4 Å². The summed E-state index contributed by atoms with van der Waals surface area (Å²) in [6.07, 6.45) is 6.84. The standard InChI is InChI=1S/C15H27NO3/c1-12-3-2-4-14(9-12)19-11-15(18)16-7-5-13(10-17)6-8-16/h12-14,17H,2-11H2,1H3. The Morgan fingerprint density at radius 2 is 2.00 bits per heavy atom. The first-order chi connectivity index (χ1) is 9.19. The van der Waals surface area contributed by atoms with Crippen LogP contribution in [0, 0.1) is 11.8 Å². The zero-order valence-electron chi connectivity index (χ0n) is 12.0. The van der Waals surface area contributed by atoms with Crippen molar-refractivity contribution < 1.29 is 14.6 Å². The minimum Gasteiger partial charge on any atom is -0.396 e. The van der Waals surface area contributed by atoms with Gasteiger partial charge in [0.15, 0.2) is 0 Å². The second kappa shape index (κ2) is 7.25. The van der Waals surface area contributed by atoms with Crippen LogP contribution < -0.4 is 0 Å². The summed E-state index contributed by atoms with van der Waals surface area (Å²) in [6.45, 7) is 4.29. The molecule has 0 bridgehead atoms. The van der Waals surface area contributed by atoms with Crippen molar-refractivity contribution in [3.8, 4) is 0 Å². The third-order valence-electron chi connectivity index (χ3n) is 4.56. The fourth-order valence-electron chi connectivity index (χ4n) is 3.18. The molecule has 2 fully saturated rings. The molecule has 1 saturated heterocycles. The second-order valence-electron chi connectivity index (χ2n) is 6.21. The van der Waals surface area contributed by atoms with Crippen LogP contribution in [-0.4, -0.2) is 48.3 Å². The molecule has 0 aromatic rings. The van der Waals surface area contributed by atoms with Crippen molar-refractivity contribution in [1.29, 1.82) is 0 Å². The Hall–Kier alpha value is -0.610. The van der Waals surface area contributed by atoms with E-state index in [1.165, 1.54) is 12.8 Å². The Kier molecular flexibility index (Phi) is 5.64. The Morgan fingerprint density at radius 1 is 1.26 bits per heavy atom. The quantitative estimate of drug-likeness (QED) is 0.847. The van der Waals surface area contributed by atoms with Crippen LogP contribution in [0.5, 0.6) is 0 Å². The maximum absolute atomic E-state index is 12.1. The van der Waals surface area contributed by atoms with Crippen molar-refractivity contribution in [2.24, 2.45) is 11.8 Å². The monoisotopic (exact) mass is 269 g/mol. The number of ether oxygens (including phenoxy) is 1. The maximum atomic E-state index is 12.1. The molecule has 0 aromatic carbocycles. The van der Waals surface area contributed by atoms with Crippen LogP contribution in [0.4, 0.5) is 0 Å². The molecule has 19 heavy (non-hydrogen) atoms. The first-order valence-corrected chi connectivity index (χ1v) is 7.69. The molecule has 1 saturated carbocycles. The molecule has 110 valence electrons. The zero-order valence-corrected chi connectivity index (χ0v) is 12.0. The van der Waals surface area contributed by atoms with Gasteiger partial charge in [-0.25, -0.2) is 0 Å². The van der Waals surface area contributed by atoms with Crippen LogP contribution in [0.3, 0.4) is 0 Å². The van der Waals surface area contributed by atoms with E-state index < -0.39 is 0 Å². The summed E-state index contributed by atoms with van der Waals surface area (Å²) in [5, 5.41) is 9.09. The first kappa shape index (κ1) is 14.8. The number of hydrogen-bond acceptors (Lipinski definition) is 3. The van der Waals surface area contributed by atoms with Gasteiger partial charge in [0.1, 0.15) is 6.61 Å². The van der Waals surface area contributed by atoms with Gasteiger partial charge in [-0.15, -0.1) is 0 Å². The van der Waals surface area contributed by atoms with E-state index in [0.29, 0.717) is 5.92 Å². The summed E-state index contributed by atoms with van der Waals surface area (Å²) in [7, 11) is 0. The summed E-state index contributed by atoms with van der Waals surface area (Å²) < 4.78 is 5.78. The van der Waals surface area contributed by atoms with Gasteiger partial charge >= 0.3 is 0 Å². The average Bonchev–Trinajstić information content (AvgIpc) is 2.45. The number of carbonyl (C=O) groups excluding carboxylic acids is 1. The topological polar surface area (TPSA) is 49.8 Å². The van der Waals surface area contributed by atoms with E-state index in [0.717, 1.165) is 44.7 Å². The van der Waals surface area contributed by atoms with E-state index in [4.69, 9.17) is 9.84 Å². The summed E-state index contributed by atoms with van der Waals surface area (Å²) in [5.41, 5.74) is 0. The second-order valence-corrected chi connectivity index (χ2v) is 6.21. The molecule has 1 N–H and O–H groups in total. The zero-order chi connectivity index (χ0) is 13.7. The number of nitrogens with zero attached hydrogens (tertiary/aromatic N) is 1. The van der Waals surface area contributed by atoms with E-state index in [1.54, 1.807) is 0 Å². The van der Waals surface area contributed by atoms with Crippen LogP contribution in [0.2, 0.25) is 0 Å². The molecular formula is C15H27NO3. The fraction of sp³-hybridized carbons (Fsp3) is 0.933. The van der Waals surface area contributed by atoms with Gasteiger partial charge in [-0.05, 0) is 37.5 Å². The number of amides is 1. The van der Waals surface area contributed by atoms with E-state index >= 15 is 0 Å². The third-order valence-corrected chi connectivity index (χ3v) is 4.56. The first-order valence-electron chi connectivity index (χ1n) is 7.69. The summed E-state index contributed by atoms with van der Waals surface area (Å²) in [5.74, 6) is 1.23. The van der Waals surface area contributed by atoms with E-state index in [2.05, 4.69) is 6.92 Å². The van der Waals surface area contributed by atoms with Gasteiger partial charge in [-0.2, -0.15) is 0 Å². The molecule has 2 aliphatic rings. The lowest BCUT2D eigenvalue weighted by Crippen LogP contribution is -2.41. The number of carbonyl (C=O) groups is 1. The molecule has 4 heteroatoms. The normalized spacial score (nSPS) is 29.5. The molecule has 4 nitrogen and oxygen atoms in total. The van der Waals surface area contributed by atoms with Crippen LogP contribution in [-0.2, 0) is 9.53 Å². The van der Waals surface area contributed by atoms with Crippen LogP contribution in [0.15, 0.2) is 0 Å². The number of piperidine rings is 1. The molecule has 1 aliphatic heterocycles. The molecular weight excluding hydrogens is 242 g/mol. The minimum absolute atomic E-state index is 0.120. The van der Waals surface area contributed by atoms with Gasteiger partial charge < -0.3 is 14.7 Å². The Bertz CT molecular complexity index is 287. The van der Waals surface area contributed by atoms with Crippen molar-refractivity contribution in [2.75, 3.05) is 26.3 Å². The van der Waals surface area contributed by atoms with E-state index in [9.17, 15) is 4.79 Å². The van der Waals surface area contributed by atoms with Gasteiger partial charge in [0.25, 0.3) is 0 Å². The number of likely N-dealkylation sites (tertiary alicyclic amines) is 1. The SMILES string of the molecule is CC1CCCC(OCC(=O)N2CCC(CO)CC2)C1. The highest BCUT2D eigenvalue weighted by atomic mass is 16.5. The van der Waals surface area contributed by atoms with Gasteiger partial charge in [0.05, 0.1) is 6.10 Å².